The van der Waals surface area contributed by atoms with Crippen molar-refractivity contribution in [2.75, 3.05) is 13.2 Å². The van der Waals surface area contributed by atoms with E-state index in [1.807, 2.05) is 0 Å². The molecule has 0 bridgehead atoms. The van der Waals surface area contributed by atoms with Crippen LogP contribution in [0.2, 0.25) is 0 Å². The lowest BCUT2D eigenvalue weighted by atomic mass is 9.95. The van der Waals surface area contributed by atoms with Gasteiger partial charge in [0.15, 0.2) is 5.78 Å². The normalized spacial score (nSPS) is 20.8. The molecule has 2 rings (SSSR count). The highest BCUT2D eigenvalue weighted by Crippen LogP contribution is 2.29. The van der Waals surface area contributed by atoms with Crippen LogP contribution in [0.15, 0.2) is 24.3 Å². The predicted molar refractivity (Wildman–Crippen MR) is 77.2 cm³/mol. The molecule has 1 unspecified atom stereocenters. The number of ether oxygens (including phenoxy) is 1. The number of rotatable bonds is 8. The number of epoxide rings is 1. The average molecular weight is 306 g/mol. The van der Waals surface area contributed by atoms with E-state index in [1.54, 1.807) is 19.1 Å². The summed E-state index contributed by atoms with van der Waals surface area (Å²) in [6.45, 7) is 1.82. The van der Waals surface area contributed by atoms with Gasteiger partial charge in [0.1, 0.15) is 11.4 Å². The quantitative estimate of drug-likeness (QED) is 0.444. The Hall–Kier alpha value is -2.41. The second-order valence-corrected chi connectivity index (χ2v) is 5.37. The van der Waals surface area contributed by atoms with Gasteiger partial charge in [-0.15, -0.1) is 0 Å². The minimum atomic E-state index is -0.854. The number of nitrogens with one attached hydrogen (secondary N) is 2. The Labute approximate surface area is 127 Å². The molecule has 1 aromatic rings. The average Bonchev–Trinajstić information content (AvgIpc) is 3.25. The summed E-state index contributed by atoms with van der Waals surface area (Å²) in [5.41, 5.74) is -0.0588. The Balaban J connectivity index is 2.07. The SMILES string of the molecule is C[C@]1(C(=O)C(Cc2ccc(O)cc2)NC(=O)CNC=O)CO1. The van der Waals surface area contributed by atoms with Crippen molar-refractivity contribution in [3.63, 3.8) is 0 Å². The van der Waals surface area contributed by atoms with Crippen molar-refractivity contribution in [1.29, 1.82) is 0 Å². The zero-order chi connectivity index (χ0) is 16.2. The van der Waals surface area contributed by atoms with E-state index < -0.39 is 17.6 Å². The third kappa shape index (κ3) is 4.05. The Morgan fingerprint density at radius 2 is 2.05 bits per heavy atom. The maximum atomic E-state index is 12.4. The van der Waals surface area contributed by atoms with Crippen molar-refractivity contribution < 1.29 is 24.2 Å². The molecule has 0 spiro atoms. The molecule has 1 heterocycles. The zero-order valence-corrected chi connectivity index (χ0v) is 12.2. The van der Waals surface area contributed by atoms with E-state index in [1.165, 1.54) is 12.1 Å². The summed E-state index contributed by atoms with van der Waals surface area (Å²) in [5, 5.41) is 14.1. The first kappa shape index (κ1) is 16.0. The topological polar surface area (TPSA) is 108 Å². The molecule has 1 aliphatic rings. The van der Waals surface area contributed by atoms with E-state index in [-0.39, 0.29) is 24.5 Å². The first-order valence-corrected chi connectivity index (χ1v) is 6.87. The highest BCUT2D eigenvalue weighted by atomic mass is 16.6. The number of phenolic OH excluding ortho intramolecular Hbond substituents is 1. The fourth-order valence-corrected chi connectivity index (χ4v) is 2.08. The second-order valence-electron chi connectivity index (χ2n) is 5.37. The van der Waals surface area contributed by atoms with Gasteiger partial charge in [-0.3, -0.25) is 14.4 Å². The molecule has 7 nitrogen and oxygen atoms in total. The minimum absolute atomic E-state index is 0.128. The van der Waals surface area contributed by atoms with Gasteiger partial charge in [-0.25, -0.2) is 0 Å². The summed E-state index contributed by atoms with van der Waals surface area (Å²) in [6, 6.07) is 5.64. The van der Waals surface area contributed by atoms with Crippen LogP contribution in [0.4, 0.5) is 0 Å². The number of hydrogen-bond donors (Lipinski definition) is 3. The van der Waals surface area contributed by atoms with E-state index in [9.17, 15) is 19.5 Å². The molecule has 1 fully saturated rings. The molecular formula is C15H18N2O5. The van der Waals surface area contributed by atoms with Gasteiger partial charge in [0.25, 0.3) is 0 Å². The van der Waals surface area contributed by atoms with Gasteiger partial charge in [-0.1, -0.05) is 12.1 Å². The molecule has 22 heavy (non-hydrogen) atoms. The zero-order valence-electron chi connectivity index (χ0n) is 12.2. The van der Waals surface area contributed by atoms with Crippen LogP contribution >= 0.6 is 0 Å². The van der Waals surface area contributed by atoms with Crippen molar-refractivity contribution in [3.8, 4) is 5.75 Å². The summed E-state index contributed by atoms with van der Waals surface area (Å²) in [7, 11) is 0. The van der Waals surface area contributed by atoms with Crippen molar-refractivity contribution >= 4 is 18.1 Å². The molecule has 0 aromatic heterocycles. The number of benzene rings is 1. The first-order valence-electron chi connectivity index (χ1n) is 6.87. The van der Waals surface area contributed by atoms with E-state index in [4.69, 9.17) is 4.74 Å². The van der Waals surface area contributed by atoms with Crippen molar-refractivity contribution in [2.45, 2.75) is 25.0 Å². The number of carbonyl (C=O) groups excluding carboxylic acids is 3. The molecule has 3 N–H and O–H groups in total. The summed E-state index contributed by atoms with van der Waals surface area (Å²) < 4.78 is 5.15. The Morgan fingerprint density at radius 1 is 1.41 bits per heavy atom. The van der Waals surface area contributed by atoms with Crippen molar-refractivity contribution in [1.82, 2.24) is 10.6 Å². The van der Waals surface area contributed by atoms with Crippen molar-refractivity contribution in [3.05, 3.63) is 29.8 Å². The fraction of sp³-hybridized carbons (Fsp3) is 0.400. The summed E-state index contributed by atoms with van der Waals surface area (Å²) in [6.07, 6.45) is 0.701. The first-order chi connectivity index (χ1) is 10.4. The van der Waals surface area contributed by atoms with Crippen LogP contribution in [-0.4, -0.2) is 48.0 Å². The van der Waals surface area contributed by atoms with E-state index >= 15 is 0 Å². The van der Waals surface area contributed by atoms with Crippen LogP contribution in [0.25, 0.3) is 0 Å². The molecule has 1 saturated heterocycles. The van der Waals surface area contributed by atoms with Gasteiger partial charge in [0, 0.05) is 0 Å². The van der Waals surface area contributed by atoms with Crippen LogP contribution in [0.5, 0.6) is 5.75 Å². The number of Topliss-reactive ketones (excluding diaryl/α,β-unsaturated/α-hetero) is 1. The number of amides is 2. The molecule has 2 atom stereocenters. The number of aromatic hydroxyl groups is 1. The van der Waals surface area contributed by atoms with Gasteiger partial charge < -0.3 is 20.5 Å². The summed E-state index contributed by atoms with van der Waals surface area (Å²) in [4.78, 5) is 34.4. The Morgan fingerprint density at radius 3 is 2.59 bits per heavy atom. The Bertz CT molecular complexity index is 566. The number of ketones is 1. The minimum Gasteiger partial charge on any atom is -0.508 e. The Kier molecular flexibility index (Phi) is 4.77. The van der Waals surface area contributed by atoms with Gasteiger partial charge in [0.2, 0.25) is 12.3 Å². The van der Waals surface area contributed by atoms with Gasteiger partial charge in [-0.05, 0) is 31.0 Å². The summed E-state index contributed by atoms with van der Waals surface area (Å²) >= 11 is 0. The lowest BCUT2D eigenvalue weighted by molar-refractivity contribution is -0.130. The van der Waals surface area contributed by atoms with Crippen LogP contribution in [-0.2, 0) is 25.5 Å². The van der Waals surface area contributed by atoms with Gasteiger partial charge >= 0.3 is 0 Å². The summed E-state index contributed by atoms with van der Waals surface area (Å²) in [5.74, 6) is -0.531. The lowest BCUT2D eigenvalue weighted by Gasteiger charge is -2.19. The molecule has 1 aromatic carbocycles. The molecule has 2 amide bonds. The standard InChI is InChI=1S/C15H18N2O5/c1-15(8-22-15)14(21)12(17-13(20)7-16-9-18)6-10-2-4-11(19)5-3-10/h2-5,9,12,19H,6-8H2,1H3,(H,16,18)(H,17,20)/t12?,15-/m1/s1. The van der Waals surface area contributed by atoms with Gasteiger partial charge in [0.05, 0.1) is 19.2 Å². The molecule has 0 aliphatic carbocycles. The highest BCUT2D eigenvalue weighted by molar-refractivity contribution is 5.97. The smallest absolute Gasteiger partial charge is 0.239 e. The monoisotopic (exact) mass is 306 g/mol. The molecule has 7 heteroatoms. The second kappa shape index (κ2) is 6.57. The van der Waals surface area contributed by atoms with Crippen LogP contribution in [0.1, 0.15) is 12.5 Å². The molecule has 118 valence electrons. The molecule has 0 saturated carbocycles. The number of phenols is 1. The molecule has 1 aliphatic heterocycles. The molecule has 0 radical (unpaired) electrons. The van der Waals surface area contributed by atoms with Crippen molar-refractivity contribution in [2.24, 2.45) is 0 Å². The fourth-order valence-electron chi connectivity index (χ4n) is 2.08. The maximum Gasteiger partial charge on any atom is 0.239 e. The van der Waals surface area contributed by atoms with Crippen LogP contribution in [0.3, 0.4) is 0 Å². The van der Waals surface area contributed by atoms with E-state index in [2.05, 4.69) is 10.6 Å². The van der Waals surface area contributed by atoms with Crippen LogP contribution in [0, 0.1) is 0 Å². The van der Waals surface area contributed by atoms with E-state index in [0.29, 0.717) is 13.0 Å². The third-order valence-electron chi connectivity index (χ3n) is 3.47. The highest BCUT2D eigenvalue weighted by Gasteiger charge is 2.49. The number of hydrogen-bond acceptors (Lipinski definition) is 5. The number of carbonyl (C=O) groups is 3. The molecular weight excluding hydrogens is 288 g/mol. The lowest BCUT2D eigenvalue weighted by Crippen LogP contribution is -2.49. The van der Waals surface area contributed by atoms with Crippen LogP contribution < -0.4 is 10.6 Å². The predicted octanol–water partition coefficient (Wildman–Crippen LogP) is -0.477. The van der Waals surface area contributed by atoms with E-state index in [0.717, 1.165) is 5.56 Å². The van der Waals surface area contributed by atoms with Gasteiger partial charge in [-0.2, -0.15) is 0 Å². The third-order valence-corrected chi connectivity index (χ3v) is 3.47. The largest absolute Gasteiger partial charge is 0.508 e. The maximum absolute atomic E-state index is 12.4.